The molecule has 78 valence electrons. The van der Waals surface area contributed by atoms with Crippen molar-refractivity contribution < 1.29 is 4.74 Å². The molecule has 2 rings (SSSR count). The molecule has 0 fully saturated rings. The Hall–Kier alpha value is -1.50. The molecular formula is C14H16O. The van der Waals surface area contributed by atoms with Crippen molar-refractivity contribution in [3.8, 4) is 5.75 Å². The van der Waals surface area contributed by atoms with Gasteiger partial charge in [0.05, 0.1) is 7.11 Å². The summed E-state index contributed by atoms with van der Waals surface area (Å²) in [5.74, 6) is 0.954. The molecule has 0 aliphatic rings. The first-order valence-corrected chi connectivity index (χ1v) is 5.41. The molecule has 15 heavy (non-hydrogen) atoms. The van der Waals surface area contributed by atoms with E-state index in [1.807, 2.05) is 12.1 Å². The lowest BCUT2D eigenvalue weighted by Gasteiger charge is -2.06. The van der Waals surface area contributed by atoms with Crippen molar-refractivity contribution in [3.63, 3.8) is 0 Å². The normalized spacial score (nSPS) is 10.5. The molecule has 0 bridgehead atoms. The molecule has 0 saturated heterocycles. The fourth-order valence-corrected chi connectivity index (χ4v) is 1.93. The molecule has 0 aliphatic heterocycles. The number of methoxy groups -OCH3 is 1. The minimum atomic E-state index is 0.954. The minimum Gasteiger partial charge on any atom is -0.496 e. The van der Waals surface area contributed by atoms with Crippen LogP contribution in [0.25, 0.3) is 10.8 Å². The molecule has 0 unspecified atom stereocenters. The van der Waals surface area contributed by atoms with E-state index in [4.69, 9.17) is 4.74 Å². The predicted octanol–water partition coefficient (Wildman–Crippen LogP) is 3.80. The third-order valence-corrected chi connectivity index (χ3v) is 2.66. The highest BCUT2D eigenvalue weighted by atomic mass is 16.5. The van der Waals surface area contributed by atoms with Crippen LogP contribution in [-0.4, -0.2) is 7.11 Å². The van der Waals surface area contributed by atoms with Crippen molar-refractivity contribution in [2.75, 3.05) is 7.11 Å². The summed E-state index contributed by atoms with van der Waals surface area (Å²) in [6.45, 7) is 2.20. The molecule has 2 aromatic rings. The Balaban J connectivity index is 2.53. The highest BCUT2D eigenvalue weighted by molar-refractivity contribution is 5.88. The zero-order valence-electron chi connectivity index (χ0n) is 9.29. The maximum atomic E-state index is 5.33. The maximum Gasteiger partial charge on any atom is 0.126 e. The Morgan fingerprint density at radius 2 is 2.00 bits per heavy atom. The van der Waals surface area contributed by atoms with Crippen LogP contribution in [0.1, 0.15) is 18.9 Å². The maximum absolute atomic E-state index is 5.33. The van der Waals surface area contributed by atoms with Crippen molar-refractivity contribution in [2.24, 2.45) is 0 Å². The SMILES string of the molecule is CCCc1ccc2c(OC)cccc2c1. The summed E-state index contributed by atoms with van der Waals surface area (Å²) in [7, 11) is 1.72. The number of ether oxygens (including phenoxy) is 1. The number of aryl methyl sites for hydroxylation is 1. The van der Waals surface area contributed by atoms with Crippen LogP contribution in [0, 0.1) is 0 Å². The van der Waals surface area contributed by atoms with Gasteiger partial charge in [0.1, 0.15) is 5.75 Å². The van der Waals surface area contributed by atoms with Crippen LogP contribution >= 0.6 is 0 Å². The minimum absolute atomic E-state index is 0.954. The van der Waals surface area contributed by atoms with Crippen molar-refractivity contribution in [3.05, 3.63) is 42.0 Å². The first-order chi connectivity index (χ1) is 7.35. The van der Waals surface area contributed by atoms with Crippen LogP contribution in [0.4, 0.5) is 0 Å². The largest absolute Gasteiger partial charge is 0.496 e. The Morgan fingerprint density at radius 1 is 1.13 bits per heavy atom. The Bertz CT molecular complexity index is 460. The van der Waals surface area contributed by atoms with Crippen LogP contribution in [0.15, 0.2) is 36.4 Å². The topological polar surface area (TPSA) is 9.23 Å². The molecule has 0 atom stereocenters. The molecule has 0 heterocycles. The molecule has 0 aliphatic carbocycles. The van der Waals surface area contributed by atoms with E-state index in [2.05, 4.69) is 31.2 Å². The van der Waals surface area contributed by atoms with Crippen LogP contribution in [0.5, 0.6) is 5.75 Å². The van der Waals surface area contributed by atoms with Gasteiger partial charge in [-0.1, -0.05) is 43.7 Å². The zero-order valence-corrected chi connectivity index (χ0v) is 9.29. The van der Waals surface area contributed by atoms with Crippen molar-refractivity contribution >= 4 is 10.8 Å². The second-order valence-electron chi connectivity index (χ2n) is 3.77. The molecule has 0 saturated carbocycles. The Kier molecular flexibility index (Phi) is 2.91. The number of fused-ring (bicyclic) bond motifs is 1. The van der Waals surface area contributed by atoms with Crippen molar-refractivity contribution in [1.29, 1.82) is 0 Å². The van der Waals surface area contributed by atoms with Gasteiger partial charge < -0.3 is 4.74 Å². The second-order valence-corrected chi connectivity index (χ2v) is 3.77. The lowest BCUT2D eigenvalue weighted by molar-refractivity contribution is 0.420. The van der Waals surface area contributed by atoms with Gasteiger partial charge in [-0.3, -0.25) is 0 Å². The van der Waals surface area contributed by atoms with Gasteiger partial charge in [-0.15, -0.1) is 0 Å². The molecule has 0 spiro atoms. The molecular weight excluding hydrogens is 184 g/mol. The molecule has 0 N–H and O–H groups in total. The summed E-state index contributed by atoms with van der Waals surface area (Å²) in [5.41, 5.74) is 1.40. The predicted molar refractivity (Wildman–Crippen MR) is 64.5 cm³/mol. The number of rotatable bonds is 3. The lowest BCUT2D eigenvalue weighted by Crippen LogP contribution is -1.87. The van der Waals surface area contributed by atoms with Gasteiger partial charge >= 0.3 is 0 Å². The molecule has 1 nitrogen and oxygen atoms in total. The fourth-order valence-electron chi connectivity index (χ4n) is 1.93. The van der Waals surface area contributed by atoms with Gasteiger partial charge in [-0.2, -0.15) is 0 Å². The van der Waals surface area contributed by atoms with Gasteiger partial charge in [0.15, 0.2) is 0 Å². The molecule has 2 aromatic carbocycles. The summed E-state index contributed by atoms with van der Waals surface area (Å²) >= 11 is 0. The monoisotopic (exact) mass is 200 g/mol. The molecule has 0 amide bonds. The Labute approximate surface area is 90.7 Å². The summed E-state index contributed by atoms with van der Waals surface area (Å²) < 4.78 is 5.33. The van der Waals surface area contributed by atoms with Gasteiger partial charge in [-0.05, 0) is 23.4 Å². The standard InChI is InChI=1S/C14H16O/c1-3-5-11-8-9-13-12(10-11)6-4-7-14(13)15-2/h4,6-10H,3,5H2,1-2H3. The molecule has 0 aromatic heterocycles. The van der Waals surface area contributed by atoms with Gasteiger partial charge in [0.2, 0.25) is 0 Å². The van der Waals surface area contributed by atoms with Gasteiger partial charge in [0.25, 0.3) is 0 Å². The Morgan fingerprint density at radius 3 is 2.73 bits per heavy atom. The van der Waals surface area contributed by atoms with E-state index in [0.29, 0.717) is 0 Å². The summed E-state index contributed by atoms with van der Waals surface area (Å²) in [6.07, 6.45) is 2.34. The van der Waals surface area contributed by atoms with E-state index < -0.39 is 0 Å². The third-order valence-electron chi connectivity index (χ3n) is 2.66. The third kappa shape index (κ3) is 1.96. The van der Waals surface area contributed by atoms with E-state index >= 15 is 0 Å². The smallest absolute Gasteiger partial charge is 0.126 e. The average molecular weight is 200 g/mol. The number of hydrogen-bond donors (Lipinski definition) is 0. The molecule has 0 radical (unpaired) electrons. The van der Waals surface area contributed by atoms with Crippen LogP contribution in [0.3, 0.4) is 0 Å². The fraction of sp³-hybridized carbons (Fsp3) is 0.286. The van der Waals surface area contributed by atoms with E-state index in [9.17, 15) is 0 Å². The zero-order chi connectivity index (χ0) is 10.7. The van der Waals surface area contributed by atoms with Gasteiger partial charge in [0, 0.05) is 5.39 Å². The highest BCUT2D eigenvalue weighted by Gasteiger charge is 2.00. The van der Waals surface area contributed by atoms with Crippen molar-refractivity contribution in [2.45, 2.75) is 19.8 Å². The van der Waals surface area contributed by atoms with E-state index in [0.717, 1.165) is 12.2 Å². The second kappa shape index (κ2) is 4.35. The highest BCUT2D eigenvalue weighted by Crippen LogP contribution is 2.26. The summed E-state index contributed by atoms with van der Waals surface area (Å²) in [5, 5.41) is 2.46. The summed E-state index contributed by atoms with van der Waals surface area (Å²) in [4.78, 5) is 0. The van der Waals surface area contributed by atoms with E-state index in [-0.39, 0.29) is 0 Å². The number of benzene rings is 2. The van der Waals surface area contributed by atoms with E-state index in [1.165, 1.54) is 22.8 Å². The van der Waals surface area contributed by atoms with E-state index in [1.54, 1.807) is 7.11 Å². The van der Waals surface area contributed by atoms with Crippen LogP contribution in [0.2, 0.25) is 0 Å². The van der Waals surface area contributed by atoms with Crippen molar-refractivity contribution in [1.82, 2.24) is 0 Å². The van der Waals surface area contributed by atoms with Gasteiger partial charge in [-0.25, -0.2) is 0 Å². The van der Waals surface area contributed by atoms with Crippen LogP contribution < -0.4 is 4.74 Å². The number of hydrogen-bond acceptors (Lipinski definition) is 1. The van der Waals surface area contributed by atoms with Crippen LogP contribution in [-0.2, 0) is 6.42 Å². The lowest BCUT2D eigenvalue weighted by atomic mass is 10.0. The first kappa shape index (κ1) is 10.0. The first-order valence-electron chi connectivity index (χ1n) is 5.41. The molecule has 1 heteroatoms. The average Bonchev–Trinajstić information content (AvgIpc) is 2.28. The quantitative estimate of drug-likeness (QED) is 0.732. The summed E-state index contributed by atoms with van der Waals surface area (Å²) in [6, 6.07) is 12.8.